The summed E-state index contributed by atoms with van der Waals surface area (Å²) in [5.74, 6) is 1.21. The van der Waals surface area contributed by atoms with Crippen molar-refractivity contribution in [1.29, 1.82) is 0 Å². The van der Waals surface area contributed by atoms with Gasteiger partial charge in [-0.15, -0.1) is 21.5 Å². The van der Waals surface area contributed by atoms with Crippen LogP contribution >= 0.6 is 11.3 Å². The van der Waals surface area contributed by atoms with Crippen molar-refractivity contribution in [3.05, 3.63) is 17.1 Å². The van der Waals surface area contributed by atoms with Gasteiger partial charge >= 0.3 is 0 Å². The summed E-state index contributed by atoms with van der Waals surface area (Å²) in [5.41, 5.74) is 0. The van der Waals surface area contributed by atoms with Gasteiger partial charge in [-0.3, -0.25) is 0 Å². The highest BCUT2D eigenvalue weighted by Crippen LogP contribution is 2.26. The van der Waals surface area contributed by atoms with E-state index in [0.717, 1.165) is 22.9 Å². The number of hydrogen-bond acceptors (Lipinski definition) is 6. The van der Waals surface area contributed by atoms with Crippen molar-refractivity contribution in [1.82, 2.24) is 20.5 Å². The third-order valence-corrected chi connectivity index (χ3v) is 3.33. The Hall–Kier alpha value is -1.27. The molecule has 2 aromatic heterocycles. The van der Waals surface area contributed by atoms with E-state index in [1.165, 1.54) is 0 Å². The van der Waals surface area contributed by atoms with Gasteiger partial charge in [-0.05, 0) is 19.9 Å². The molecule has 0 saturated carbocycles. The minimum Gasteiger partial charge on any atom is -0.418 e. The Bertz CT molecular complexity index is 479. The molecule has 0 amide bonds. The van der Waals surface area contributed by atoms with Crippen LogP contribution in [0.1, 0.15) is 37.2 Å². The first-order valence-electron chi connectivity index (χ1n) is 5.74. The Kier molecular flexibility index (Phi) is 3.86. The van der Waals surface area contributed by atoms with Crippen molar-refractivity contribution in [2.75, 3.05) is 6.54 Å². The zero-order valence-corrected chi connectivity index (χ0v) is 11.0. The predicted octanol–water partition coefficient (Wildman–Crippen LogP) is 2.56. The molecule has 0 spiro atoms. The summed E-state index contributed by atoms with van der Waals surface area (Å²) in [6.45, 7) is 7.00. The predicted molar refractivity (Wildman–Crippen MR) is 66.9 cm³/mol. The summed E-state index contributed by atoms with van der Waals surface area (Å²) in [6, 6.07) is 0.135. The molecule has 0 fully saturated rings. The second-order valence-corrected chi connectivity index (χ2v) is 4.94. The molecular weight excluding hydrogens is 236 g/mol. The fraction of sp³-hybridized carbons (Fsp3) is 0.545. The molecule has 5 nitrogen and oxygen atoms in total. The molecule has 1 N–H and O–H groups in total. The first kappa shape index (κ1) is 12.2. The summed E-state index contributed by atoms with van der Waals surface area (Å²) in [6.07, 6.45) is 2.70. The number of nitrogens with one attached hydrogen (secondary N) is 1. The zero-order valence-electron chi connectivity index (χ0n) is 10.2. The standard InChI is InChI=1S/C11H16N4OS/c1-4-8(12-5-2)10-14-15-11(16-10)9-6-13-7(3)17-9/h6,8,12H,4-5H2,1-3H3. The molecule has 2 rings (SSSR count). The molecule has 1 atom stereocenters. The number of hydrogen-bond donors (Lipinski definition) is 1. The Morgan fingerprint density at radius 2 is 2.24 bits per heavy atom. The second-order valence-electron chi connectivity index (χ2n) is 3.71. The highest BCUT2D eigenvalue weighted by atomic mass is 32.1. The largest absolute Gasteiger partial charge is 0.418 e. The topological polar surface area (TPSA) is 63.8 Å². The van der Waals surface area contributed by atoms with Crippen LogP contribution in [0, 0.1) is 6.92 Å². The van der Waals surface area contributed by atoms with Gasteiger partial charge in [0.1, 0.15) is 4.88 Å². The summed E-state index contributed by atoms with van der Waals surface area (Å²) in [7, 11) is 0. The highest BCUT2D eigenvalue weighted by Gasteiger charge is 2.17. The van der Waals surface area contributed by atoms with Crippen molar-refractivity contribution in [2.24, 2.45) is 0 Å². The maximum atomic E-state index is 5.67. The van der Waals surface area contributed by atoms with Crippen molar-refractivity contribution in [2.45, 2.75) is 33.2 Å². The van der Waals surface area contributed by atoms with Crippen molar-refractivity contribution < 1.29 is 4.42 Å². The normalized spacial score (nSPS) is 12.9. The smallest absolute Gasteiger partial charge is 0.259 e. The molecule has 0 bridgehead atoms. The van der Waals surface area contributed by atoms with E-state index < -0.39 is 0 Å². The monoisotopic (exact) mass is 252 g/mol. The van der Waals surface area contributed by atoms with Crippen LogP contribution in [-0.2, 0) is 0 Å². The van der Waals surface area contributed by atoms with Gasteiger partial charge < -0.3 is 9.73 Å². The zero-order chi connectivity index (χ0) is 12.3. The minimum absolute atomic E-state index is 0.135. The van der Waals surface area contributed by atoms with E-state index in [-0.39, 0.29) is 6.04 Å². The van der Waals surface area contributed by atoms with Gasteiger partial charge in [0.15, 0.2) is 0 Å². The Balaban J connectivity index is 2.20. The van der Waals surface area contributed by atoms with Gasteiger partial charge in [-0.2, -0.15) is 0 Å². The van der Waals surface area contributed by atoms with Crippen LogP contribution < -0.4 is 5.32 Å². The van der Waals surface area contributed by atoms with Gasteiger partial charge in [-0.1, -0.05) is 13.8 Å². The van der Waals surface area contributed by atoms with Crippen LogP contribution in [0.4, 0.5) is 0 Å². The lowest BCUT2D eigenvalue weighted by atomic mass is 10.2. The maximum absolute atomic E-state index is 5.67. The molecule has 0 aliphatic heterocycles. The lowest BCUT2D eigenvalue weighted by Gasteiger charge is -2.09. The van der Waals surface area contributed by atoms with Crippen LogP contribution in [0.5, 0.6) is 0 Å². The van der Waals surface area contributed by atoms with Gasteiger partial charge in [0.25, 0.3) is 5.89 Å². The fourth-order valence-electron chi connectivity index (χ4n) is 1.59. The molecular formula is C11H16N4OS. The van der Waals surface area contributed by atoms with E-state index in [9.17, 15) is 0 Å². The number of aromatic nitrogens is 3. The average Bonchev–Trinajstić information content (AvgIpc) is 2.94. The molecule has 2 aromatic rings. The molecule has 0 saturated heterocycles. The molecule has 0 aliphatic rings. The molecule has 0 aromatic carbocycles. The number of rotatable bonds is 5. The number of thiazole rings is 1. The van der Waals surface area contributed by atoms with Crippen LogP contribution in [0.15, 0.2) is 10.6 Å². The lowest BCUT2D eigenvalue weighted by Crippen LogP contribution is -2.20. The summed E-state index contributed by atoms with van der Waals surface area (Å²) in [5, 5.41) is 12.5. The first-order valence-corrected chi connectivity index (χ1v) is 6.55. The quantitative estimate of drug-likeness (QED) is 0.886. The third-order valence-electron chi connectivity index (χ3n) is 2.43. The van der Waals surface area contributed by atoms with Crippen LogP contribution in [-0.4, -0.2) is 21.7 Å². The Labute approximate surface area is 104 Å². The number of nitrogens with zero attached hydrogens (tertiary/aromatic N) is 3. The van der Waals surface area contributed by atoms with Crippen molar-refractivity contribution >= 4 is 11.3 Å². The van der Waals surface area contributed by atoms with Crippen LogP contribution in [0.25, 0.3) is 10.8 Å². The average molecular weight is 252 g/mol. The van der Waals surface area contributed by atoms with E-state index in [1.807, 2.05) is 6.92 Å². The Morgan fingerprint density at radius 1 is 1.41 bits per heavy atom. The molecule has 2 heterocycles. The lowest BCUT2D eigenvalue weighted by molar-refractivity contribution is 0.402. The van der Waals surface area contributed by atoms with E-state index in [1.54, 1.807) is 17.5 Å². The van der Waals surface area contributed by atoms with Gasteiger partial charge in [0.05, 0.1) is 17.2 Å². The van der Waals surface area contributed by atoms with E-state index in [4.69, 9.17) is 4.42 Å². The molecule has 1 unspecified atom stereocenters. The van der Waals surface area contributed by atoms with Crippen LogP contribution in [0.2, 0.25) is 0 Å². The maximum Gasteiger partial charge on any atom is 0.259 e. The second kappa shape index (κ2) is 5.37. The van der Waals surface area contributed by atoms with E-state index in [2.05, 4.69) is 34.3 Å². The summed E-state index contributed by atoms with van der Waals surface area (Å²) < 4.78 is 5.67. The van der Waals surface area contributed by atoms with Crippen LogP contribution in [0.3, 0.4) is 0 Å². The molecule has 6 heteroatoms. The molecule has 92 valence electrons. The van der Waals surface area contributed by atoms with E-state index >= 15 is 0 Å². The molecule has 0 aliphatic carbocycles. The number of aryl methyl sites for hydroxylation is 1. The Morgan fingerprint density at radius 3 is 2.82 bits per heavy atom. The van der Waals surface area contributed by atoms with Gasteiger partial charge in [0.2, 0.25) is 5.89 Å². The summed E-state index contributed by atoms with van der Waals surface area (Å²) in [4.78, 5) is 5.10. The third kappa shape index (κ3) is 2.70. The van der Waals surface area contributed by atoms with Gasteiger partial charge in [-0.25, -0.2) is 4.98 Å². The van der Waals surface area contributed by atoms with Crippen molar-refractivity contribution in [3.63, 3.8) is 0 Å². The van der Waals surface area contributed by atoms with Crippen molar-refractivity contribution in [3.8, 4) is 10.8 Å². The molecule has 0 radical (unpaired) electrons. The SMILES string of the molecule is CCNC(CC)c1nnc(-c2cnc(C)s2)o1. The first-order chi connectivity index (χ1) is 8.24. The minimum atomic E-state index is 0.135. The highest BCUT2D eigenvalue weighted by molar-refractivity contribution is 7.14. The van der Waals surface area contributed by atoms with Gasteiger partial charge in [0, 0.05) is 0 Å². The summed E-state index contributed by atoms with van der Waals surface area (Å²) >= 11 is 1.56. The fourth-order valence-corrected chi connectivity index (χ4v) is 2.29. The van der Waals surface area contributed by atoms with E-state index in [0.29, 0.717) is 11.8 Å². The molecule has 17 heavy (non-hydrogen) atoms.